The second-order valence-corrected chi connectivity index (χ2v) is 4.17. The lowest BCUT2D eigenvalue weighted by molar-refractivity contribution is 0.127. The van der Waals surface area contributed by atoms with Crippen molar-refractivity contribution in [2.75, 3.05) is 19.0 Å². The van der Waals surface area contributed by atoms with E-state index in [4.69, 9.17) is 9.47 Å². The highest BCUT2D eigenvalue weighted by Crippen LogP contribution is 2.15. The molecule has 0 saturated carbocycles. The Morgan fingerprint density at radius 2 is 1.90 bits per heavy atom. The van der Waals surface area contributed by atoms with E-state index in [1.54, 1.807) is 6.07 Å². The first kappa shape index (κ1) is 14.3. The van der Waals surface area contributed by atoms with Gasteiger partial charge in [-0.2, -0.15) is 4.98 Å². The zero-order chi connectivity index (χ0) is 14.2. The molecule has 1 N–H and O–H groups in total. The average Bonchev–Trinajstić information content (AvgIpc) is 2.51. The highest BCUT2D eigenvalue weighted by Gasteiger charge is 2.05. The molecule has 0 bridgehead atoms. The van der Waals surface area contributed by atoms with Crippen molar-refractivity contribution >= 4 is 5.82 Å². The summed E-state index contributed by atoms with van der Waals surface area (Å²) < 4.78 is 11.0. The summed E-state index contributed by atoms with van der Waals surface area (Å²) in [7, 11) is 1.81. The van der Waals surface area contributed by atoms with E-state index in [1.807, 2.05) is 44.3 Å². The van der Waals surface area contributed by atoms with Crippen LogP contribution < -0.4 is 10.1 Å². The van der Waals surface area contributed by atoms with Crippen LogP contribution in [0.15, 0.2) is 36.4 Å². The van der Waals surface area contributed by atoms with Gasteiger partial charge in [-0.1, -0.05) is 30.3 Å². The second-order valence-electron chi connectivity index (χ2n) is 4.17. The molecule has 0 amide bonds. The molecule has 5 heteroatoms. The third-order valence-electron chi connectivity index (χ3n) is 2.67. The van der Waals surface area contributed by atoms with Gasteiger partial charge in [0.2, 0.25) is 5.88 Å². The van der Waals surface area contributed by atoms with Crippen molar-refractivity contribution in [3.63, 3.8) is 0 Å². The minimum absolute atomic E-state index is 0.383. The molecule has 1 aromatic carbocycles. The summed E-state index contributed by atoms with van der Waals surface area (Å²) in [6.07, 6.45) is 0. The van der Waals surface area contributed by atoms with Crippen LogP contribution in [-0.4, -0.2) is 23.6 Å². The van der Waals surface area contributed by atoms with Crippen molar-refractivity contribution in [3.05, 3.63) is 47.8 Å². The molecule has 2 aromatic rings. The second kappa shape index (κ2) is 7.45. The number of nitrogens with zero attached hydrogens (tertiary/aromatic N) is 2. The van der Waals surface area contributed by atoms with Crippen LogP contribution in [0.5, 0.6) is 5.88 Å². The Balaban J connectivity index is 2.06. The molecule has 0 spiro atoms. The lowest BCUT2D eigenvalue weighted by Gasteiger charge is -2.09. The van der Waals surface area contributed by atoms with Crippen LogP contribution in [-0.2, 0) is 18.0 Å². The van der Waals surface area contributed by atoms with Gasteiger partial charge < -0.3 is 14.8 Å². The highest BCUT2D eigenvalue weighted by molar-refractivity contribution is 5.37. The number of hydrogen-bond donors (Lipinski definition) is 1. The smallest absolute Gasteiger partial charge is 0.219 e. The Hall–Kier alpha value is -2.14. The van der Waals surface area contributed by atoms with E-state index in [1.165, 1.54) is 0 Å². The topological polar surface area (TPSA) is 56.3 Å². The Morgan fingerprint density at radius 1 is 1.10 bits per heavy atom. The lowest BCUT2D eigenvalue weighted by atomic mass is 10.2. The van der Waals surface area contributed by atoms with Crippen LogP contribution in [0.2, 0.25) is 0 Å². The van der Waals surface area contributed by atoms with Crippen molar-refractivity contribution in [1.82, 2.24) is 9.97 Å². The fourth-order valence-corrected chi connectivity index (χ4v) is 1.66. The summed E-state index contributed by atoms with van der Waals surface area (Å²) in [4.78, 5) is 8.65. The average molecular weight is 273 g/mol. The molecule has 0 fully saturated rings. The third-order valence-corrected chi connectivity index (χ3v) is 2.67. The Morgan fingerprint density at radius 3 is 2.60 bits per heavy atom. The van der Waals surface area contributed by atoms with Crippen molar-refractivity contribution in [1.29, 1.82) is 0 Å². The minimum atomic E-state index is 0.383. The summed E-state index contributed by atoms with van der Waals surface area (Å²) >= 11 is 0. The molecule has 0 atom stereocenters. The Bertz CT molecular complexity index is 532. The highest BCUT2D eigenvalue weighted by atomic mass is 16.5. The predicted molar refractivity (Wildman–Crippen MR) is 77.7 cm³/mol. The fourth-order valence-electron chi connectivity index (χ4n) is 1.66. The van der Waals surface area contributed by atoms with Crippen molar-refractivity contribution in [3.8, 4) is 5.88 Å². The van der Waals surface area contributed by atoms with Crippen LogP contribution in [0.25, 0.3) is 0 Å². The summed E-state index contributed by atoms with van der Waals surface area (Å²) in [5, 5.41) is 3.00. The van der Waals surface area contributed by atoms with Gasteiger partial charge in [-0.3, -0.25) is 0 Å². The summed E-state index contributed by atoms with van der Waals surface area (Å²) in [5.74, 6) is 1.88. The summed E-state index contributed by atoms with van der Waals surface area (Å²) in [5.41, 5.74) is 1.10. The molecule has 0 unspecified atom stereocenters. The third kappa shape index (κ3) is 4.20. The Labute approximate surface area is 119 Å². The van der Waals surface area contributed by atoms with E-state index < -0.39 is 0 Å². The van der Waals surface area contributed by atoms with Crippen molar-refractivity contribution in [2.45, 2.75) is 20.1 Å². The van der Waals surface area contributed by atoms with Gasteiger partial charge >= 0.3 is 0 Å². The van der Waals surface area contributed by atoms with E-state index in [0.717, 1.165) is 11.4 Å². The normalized spacial score (nSPS) is 10.3. The van der Waals surface area contributed by atoms with E-state index in [-0.39, 0.29) is 0 Å². The Kier molecular flexibility index (Phi) is 5.32. The van der Waals surface area contributed by atoms with Crippen LogP contribution in [0.4, 0.5) is 5.82 Å². The van der Waals surface area contributed by atoms with Gasteiger partial charge in [0, 0.05) is 19.7 Å². The van der Waals surface area contributed by atoms with Gasteiger partial charge in [0.1, 0.15) is 19.0 Å². The van der Waals surface area contributed by atoms with Gasteiger partial charge in [0.25, 0.3) is 0 Å². The van der Waals surface area contributed by atoms with E-state index in [2.05, 4.69) is 15.3 Å². The maximum Gasteiger partial charge on any atom is 0.219 e. The van der Waals surface area contributed by atoms with E-state index in [9.17, 15) is 0 Å². The molecule has 0 aliphatic rings. The van der Waals surface area contributed by atoms with Crippen LogP contribution in [0.1, 0.15) is 18.3 Å². The van der Waals surface area contributed by atoms with Gasteiger partial charge in [0.15, 0.2) is 5.82 Å². The number of rotatable bonds is 7. The van der Waals surface area contributed by atoms with Crippen LogP contribution in [0, 0.1) is 0 Å². The first-order valence-electron chi connectivity index (χ1n) is 6.62. The SMILES string of the molecule is CCOCc1nc(NC)cc(OCc2ccccc2)n1. The number of ether oxygens (including phenoxy) is 2. The van der Waals surface area contributed by atoms with E-state index in [0.29, 0.717) is 31.5 Å². The molecular weight excluding hydrogens is 254 g/mol. The molecule has 0 saturated heterocycles. The standard InChI is InChI=1S/C15H19N3O2/c1-3-19-11-14-17-13(16-2)9-15(18-14)20-10-12-7-5-4-6-8-12/h4-9H,3,10-11H2,1-2H3,(H,16,17,18). The van der Waals surface area contributed by atoms with Crippen LogP contribution in [0.3, 0.4) is 0 Å². The quantitative estimate of drug-likeness (QED) is 0.840. The largest absolute Gasteiger partial charge is 0.473 e. The van der Waals surface area contributed by atoms with Crippen molar-refractivity contribution < 1.29 is 9.47 Å². The number of nitrogens with one attached hydrogen (secondary N) is 1. The predicted octanol–water partition coefficient (Wildman–Crippen LogP) is 2.63. The number of aromatic nitrogens is 2. The van der Waals surface area contributed by atoms with Crippen LogP contribution >= 0.6 is 0 Å². The monoisotopic (exact) mass is 273 g/mol. The number of anilines is 1. The van der Waals surface area contributed by atoms with E-state index >= 15 is 0 Å². The minimum Gasteiger partial charge on any atom is -0.473 e. The van der Waals surface area contributed by atoms with Gasteiger partial charge in [-0.15, -0.1) is 0 Å². The fraction of sp³-hybridized carbons (Fsp3) is 0.333. The molecule has 1 heterocycles. The molecular formula is C15H19N3O2. The maximum atomic E-state index is 5.71. The van der Waals surface area contributed by atoms with Crippen molar-refractivity contribution in [2.24, 2.45) is 0 Å². The molecule has 106 valence electrons. The molecule has 0 aliphatic carbocycles. The molecule has 2 rings (SSSR count). The lowest BCUT2D eigenvalue weighted by Crippen LogP contribution is -2.05. The van der Waals surface area contributed by atoms with Gasteiger partial charge in [-0.05, 0) is 12.5 Å². The first-order chi connectivity index (χ1) is 9.81. The molecule has 20 heavy (non-hydrogen) atoms. The first-order valence-corrected chi connectivity index (χ1v) is 6.62. The van der Waals surface area contributed by atoms with Gasteiger partial charge in [0.05, 0.1) is 0 Å². The number of benzene rings is 1. The molecule has 0 radical (unpaired) electrons. The molecule has 1 aromatic heterocycles. The maximum absolute atomic E-state index is 5.71. The summed E-state index contributed by atoms with van der Waals surface area (Å²) in [6.45, 7) is 3.44. The van der Waals surface area contributed by atoms with Gasteiger partial charge in [-0.25, -0.2) is 4.98 Å². The summed E-state index contributed by atoms with van der Waals surface area (Å²) in [6, 6.07) is 11.8. The zero-order valence-corrected chi connectivity index (χ0v) is 11.8. The number of hydrogen-bond acceptors (Lipinski definition) is 5. The molecule has 0 aliphatic heterocycles. The zero-order valence-electron chi connectivity index (χ0n) is 11.8. The molecule has 5 nitrogen and oxygen atoms in total.